The molecule has 100 valence electrons. The molecule has 0 spiro atoms. The highest BCUT2D eigenvalue weighted by atomic mass is 16.5. The van der Waals surface area contributed by atoms with Crippen LogP contribution in [0.5, 0.6) is 0 Å². The summed E-state index contributed by atoms with van der Waals surface area (Å²) in [5.74, 6) is 0. The third-order valence-corrected chi connectivity index (χ3v) is 3.40. The van der Waals surface area contributed by atoms with E-state index in [9.17, 15) is 5.11 Å². The minimum atomic E-state index is -0.317. The Morgan fingerprint density at radius 3 is 3.00 bits per heavy atom. The average Bonchev–Trinajstić information content (AvgIpc) is 2.56. The minimum Gasteiger partial charge on any atom is -0.388 e. The van der Waals surface area contributed by atoms with E-state index in [4.69, 9.17) is 4.74 Å². The number of ether oxygens (including phenoxy) is 1. The van der Waals surface area contributed by atoms with E-state index < -0.39 is 0 Å². The summed E-state index contributed by atoms with van der Waals surface area (Å²) in [4.78, 5) is 2.33. The van der Waals surface area contributed by atoms with Gasteiger partial charge in [-0.1, -0.05) is 25.1 Å². The van der Waals surface area contributed by atoms with Crippen LogP contribution < -0.4 is 4.90 Å². The Hall–Kier alpha value is -1.06. The van der Waals surface area contributed by atoms with Crippen molar-refractivity contribution in [2.45, 2.75) is 32.3 Å². The van der Waals surface area contributed by atoms with Gasteiger partial charge in [0.2, 0.25) is 0 Å². The van der Waals surface area contributed by atoms with Crippen molar-refractivity contribution in [1.29, 1.82) is 0 Å². The molecule has 1 aromatic rings. The Labute approximate surface area is 109 Å². The molecule has 1 unspecified atom stereocenters. The Morgan fingerprint density at radius 1 is 1.33 bits per heavy atom. The molecule has 1 N–H and O–H groups in total. The highest BCUT2D eigenvalue weighted by Crippen LogP contribution is 2.32. The van der Waals surface area contributed by atoms with Crippen LogP contribution in [0.3, 0.4) is 0 Å². The highest BCUT2D eigenvalue weighted by Gasteiger charge is 2.20. The molecule has 3 heteroatoms. The molecular weight excluding hydrogens is 226 g/mol. The first-order valence-electron chi connectivity index (χ1n) is 6.92. The summed E-state index contributed by atoms with van der Waals surface area (Å²) in [7, 11) is 0. The van der Waals surface area contributed by atoms with Crippen molar-refractivity contribution < 1.29 is 9.84 Å². The molecule has 1 aliphatic heterocycles. The molecule has 0 radical (unpaired) electrons. The quantitative estimate of drug-likeness (QED) is 0.814. The van der Waals surface area contributed by atoms with E-state index in [1.165, 1.54) is 5.69 Å². The molecule has 2 rings (SSSR count). The van der Waals surface area contributed by atoms with Gasteiger partial charge < -0.3 is 14.7 Å². The number of nitrogens with zero attached hydrogens (tertiary/aromatic N) is 1. The molecule has 0 saturated carbocycles. The number of aliphatic hydroxyl groups excluding tert-OH is 1. The Morgan fingerprint density at radius 2 is 2.17 bits per heavy atom. The summed E-state index contributed by atoms with van der Waals surface area (Å²) >= 11 is 0. The Bertz CT molecular complexity index is 367. The van der Waals surface area contributed by atoms with Crippen LogP contribution in [0, 0.1) is 0 Å². The van der Waals surface area contributed by atoms with Crippen molar-refractivity contribution in [3.63, 3.8) is 0 Å². The molecule has 0 fully saturated rings. The van der Waals surface area contributed by atoms with Crippen molar-refractivity contribution >= 4 is 5.69 Å². The normalized spacial score (nSPS) is 19.4. The first kappa shape index (κ1) is 13.4. The zero-order valence-electron chi connectivity index (χ0n) is 11.1. The summed E-state index contributed by atoms with van der Waals surface area (Å²) in [6, 6.07) is 8.17. The SMILES string of the molecule is CCCOCCN1CCCC(O)c2ccccc21. The Balaban J connectivity index is 2.04. The maximum atomic E-state index is 10.1. The molecule has 0 amide bonds. The molecular formula is C15H23NO2. The first-order chi connectivity index (χ1) is 8.83. The molecule has 0 aliphatic carbocycles. The van der Waals surface area contributed by atoms with Gasteiger partial charge in [0.15, 0.2) is 0 Å². The first-order valence-corrected chi connectivity index (χ1v) is 6.92. The summed E-state index contributed by atoms with van der Waals surface area (Å²) in [5, 5.41) is 10.1. The Kier molecular flexibility index (Phi) is 5.02. The molecule has 1 heterocycles. The molecule has 0 bridgehead atoms. The lowest BCUT2D eigenvalue weighted by Gasteiger charge is -2.25. The minimum absolute atomic E-state index is 0.317. The fourth-order valence-corrected chi connectivity index (χ4v) is 2.46. The van der Waals surface area contributed by atoms with E-state index in [0.29, 0.717) is 0 Å². The number of anilines is 1. The number of benzene rings is 1. The molecule has 0 aromatic heterocycles. The highest BCUT2D eigenvalue weighted by molar-refractivity contribution is 5.55. The maximum absolute atomic E-state index is 10.1. The summed E-state index contributed by atoms with van der Waals surface area (Å²) in [5.41, 5.74) is 2.23. The predicted molar refractivity (Wildman–Crippen MR) is 74.0 cm³/mol. The molecule has 18 heavy (non-hydrogen) atoms. The van der Waals surface area contributed by atoms with Crippen LogP contribution in [0.25, 0.3) is 0 Å². The largest absolute Gasteiger partial charge is 0.388 e. The van der Waals surface area contributed by atoms with Crippen molar-refractivity contribution in [2.75, 3.05) is 31.2 Å². The van der Waals surface area contributed by atoms with Gasteiger partial charge in [0.05, 0.1) is 12.7 Å². The van der Waals surface area contributed by atoms with Crippen LogP contribution in [0.4, 0.5) is 5.69 Å². The fraction of sp³-hybridized carbons (Fsp3) is 0.600. The average molecular weight is 249 g/mol. The van der Waals surface area contributed by atoms with Crippen LogP contribution in [0.15, 0.2) is 24.3 Å². The van der Waals surface area contributed by atoms with Crippen molar-refractivity contribution in [3.8, 4) is 0 Å². The topological polar surface area (TPSA) is 32.7 Å². The number of hydrogen-bond acceptors (Lipinski definition) is 3. The lowest BCUT2D eigenvalue weighted by atomic mass is 10.0. The van der Waals surface area contributed by atoms with Gasteiger partial charge in [0.1, 0.15) is 0 Å². The second kappa shape index (κ2) is 6.76. The zero-order valence-corrected chi connectivity index (χ0v) is 11.1. The van der Waals surface area contributed by atoms with E-state index in [1.54, 1.807) is 0 Å². The van der Waals surface area contributed by atoms with Crippen molar-refractivity contribution in [2.24, 2.45) is 0 Å². The maximum Gasteiger partial charge on any atom is 0.0810 e. The number of para-hydroxylation sites is 1. The van der Waals surface area contributed by atoms with E-state index in [2.05, 4.69) is 17.9 Å². The second-order valence-electron chi connectivity index (χ2n) is 4.82. The van der Waals surface area contributed by atoms with Crippen LogP contribution in [-0.4, -0.2) is 31.4 Å². The number of fused-ring (bicyclic) bond motifs is 1. The molecule has 1 aliphatic rings. The van der Waals surface area contributed by atoms with Crippen molar-refractivity contribution in [1.82, 2.24) is 0 Å². The van der Waals surface area contributed by atoms with E-state index >= 15 is 0 Å². The number of rotatable bonds is 5. The summed E-state index contributed by atoms with van der Waals surface area (Å²) in [6.45, 7) is 5.63. The molecule has 1 atom stereocenters. The lowest BCUT2D eigenvalue weighted by molar-refractivity contribution is 0.140. The van der Waals surface area contributed by atoms with Gasteiger partial charge in [-0.25, -0.2) is 0 Å². The molecule has 0 saturated heterocycles. The van der Waals surface area contributed by atoms with E-state index in [0.717, 1.165) is 51.1 Å². The standard InChI is InChI=1S/C15H23NO2/c1-2-11-18-12-10-16-9-5-8-15(17)13-6-3-4-7-14(13)16/h3-4,6-7,15,17H,2,5,8-12H2,1H3. The van der Waals surface area contributed by atoms with Crippen LogP contribution >= 0.6 is 0 Å². The monoisotopic (exact) mass is 249 g/mol. The summed E-state index contributed by atoms with van der Waals surface area (Å²) in [6.07, 6.45) is 2.63. The van der Waals surface area contributed by atoms with Gasteiger partial charge in [-0.3, -0.25) is 0 Å². The van der Waals surface area contributed by atoms with E-state index in [-0.39, 0.29) is 6.10 Å². The van der Waals surface area contributed by atoms with Crippen LogP contribution in [-0.2, 0) is 4.74 Å². The summed E-state index contributed by atoms with van der Waals surface area (Å²) < 4.78 is 5.56. The van der Waals surface area contributed by atoms with Gasteiger partial charge in [-0.15, -0.1) is 0 Å². The van der Waals surface area contributed by atoms with Gasteiger partial charge in [-0.05, 0) is 25.3 Å². The van der Waals surface area contributed by atoms with Gasteiger partial charge in [-0.2, -0.15) is 0 Å². The molecule has 3 nitrogen and oxygen atoms in total. The van der Waals surface area contributed by atoms with Gasteiger partial charge in [0, 0.05) is 30.9 Å². The second-order valence-corrected chi connectivity index (χ2v) is 4.82. The van der Waals surface area contributed by atoms with Crippen molar-refractivity contribution in [3.05, 3.63) is 29.8 Å². The van der Waals surface area contributed by atoms with Gasteiger partial charge in [0.25, 0.3) is 0 Å². The number of hydrogen-bond donors (Lipinski definition) is 1. The fourth-order valence-electron chi connectivity index (χ4n) is 2.46. The molecule has 1 aromatic carbocycles. The third-order valence-electron chi connectivity index (χ3n) is 3.40. The van der Waals surface area contributed by atoms with Crippen LogP contribution in [0.1, 0.15) is 37.9 Å². The predicted octanol–water partition coefficient (Wildman–Crippen LogP) is 2.75. The van der Waals surface area contributed by atoms with Crippen LogP contribution in [0.2, 0.25) is 0 Å². The number of aliphatic hydroxyl groups is 1. The third kappa shape index (κ3) is 3.24. The smallest absolute Gasteiger partial charge is 0.0810 e. The van der Waals surface area contributed by atoms with Gasteiger partial charge >= 0.3 is 0 Å². The lowest BCUT2D eigenvalue weighted by Crippen LogP contribution is -2.28. The zero-order chi connectivity index (χ0) is 12.8. The van der Waals surface area contributed by atoms with E-state index in [1.807, 2.05) is 18.2 Å².